The molecule has 0 amide bonds. The Morgan fingerprint density at radius 1 is 1.31 bits per heavy atom. The molecule has 1 heterocycles. The van der Waals surface area contributed by atoms with Crippen LogP contribution < -0.4 is 5.32 Å². The zero-order valence-electron chi connectivity index (χ0n) is 8.13. The average molecular weight is 177 g/mol. The second-order valence-electron chi connectivity index (χ2n) is 3.53. The average Bonchev–Trinajstić information content (AvgIpc) is 2.63. The highest BCUT2D eigenvalue weighted by Crippen LogP contribution is 2.23. The van der Waals surface area contributed by atoms with Crippen molar-refractivity contribution in [2.75, 3.05) is 7.05 Å². The molecule has 1 atom stereocenters. The lowest BCUT2D eigenvalue weighted by atomic mass is 10.0. The Morgan fingerprint density at radius 2 is 2.08 bits per heavy atom. The van der Waals surface area contributed by atoms with E-state index in [4.69, 9.17) is 4.74 Å². The summed E-state index contributed by atoms with van der Waals surface area (Å²) in [5, 5.41) is 3.23. The fourth-order valence-corrected chi connectivity index (χ4v) is 1.63. The molecule has 1 N–H and O–H groups in total. The summed E-state index contributed by atoms with van der Waals surface area (Å²) in [6, 6.07) is 7.01. The molecule has 0 aliphatic carbocycles. The first-order valence-corrected chi connectivity index (χ1v) is 4.68. The van der Waals surface area contributed by atoms with Gasteiger partial charge in [0.2, 0.25) is 0 Å². The second-order valence-corrected chi connectivity index (χ2v) is 3.53. The van der Waals surface area contributed by atoms with Gasteiger partial charge in [0.05, 0.1) is 13.2 Å². The standard InChI is InChI=1S/C11H15NO/c1-8(12-2)9-3-4-10-6-13-7-11(10)5-9/h3-5,8,12H,6-7H2,1-2H3. The van der Waals surface area contributed by atoms with E-state index in [-0.39, 0.29) is 0 Å². The van der Waals surface area contributed by atoms with Gasteiger partial charge in [-0.05, 0) is 30.7 Å². The maximum atomic E-state index is 5.36. The minimum absolute atomic E-state index is 0.422. The predicted molar refractivity (Wildman–Crippen MR) is 52.4 cm³/mol. The summed E-state index contributed by atoms with van der Waals surface area (Å²) >= 11 is 0. The van der Waals surface area contributed by atoms with E-state index in [1.165, 1.54) is 16.7 Å². The van der Waals surface area contributed by atoms with Crippen molar-refractivity contribution in [1.29, 1.82) is 0 Å². The molecule has 2 heteroatoms. The fraction of sp³-hybridized carbons (Fsp3) is 0.455. The highest BCUT2D eigenvalue weighted by atomic mass is 16.5. The van der Waals surface area contributed by atoms with Crippen LogP contribution in [0.1, 0.15) is 29.7 Å². The molecule has 0 aromatic heterocycles. The summed E-state index contributed by atoms with van der Waals surface area (Å²) in [4.78, 5) is 0. The van der Waals surface area contributed by atoms with Gasteiger partial charge in [-0.1, -0.05) is 18.2 Å². The normalized spacial score (nSPS) is 17.1. The number of fused-ring (bicyclic) bond motifs is 1. The Morgan fingerprint density at radius 3 is 2.85 bits per heavy atom. The lowest BCUT2D eigenvalue weighted by Crippen LogP contribution is -2.12. The van der Waals surface area contributed by atoms with Gasteiger partial charge in [-0.15, -0.1) is 0 Å². The number of benzene rings is 1. The lowest BCUT2D eigenvalue weighted by molar-refractivity contribution is 0.134. The van der Waals surface area contributed by atoms with Crippen LogP contribution >= 0.6 is 0 Å². The largest absolute Gasteiger partial charge is 0.372 e. The molecule has 1 aliphatic rings. The number of hydrogen-bond donors (Lipinski definition) is 1. The zero-order valence-corrected chi connectivity index (χ0v) is 8.13. The van der Waals surface area contributed by atoms with Crippen LogP contribution in [-0.2, 0) is 18.0 Å². The van der Waals surface area contributed by atoms with Crippen LogP contribution in [0, 0.1) is 0 Å². The number of nitrogens with one attached hydrogen (secondary N) is 1. The van der Waals surface area contributed by atoms with E-state index >= 15 is 0 Å². The van der Waals surface area contributed by atoms with Crippen molar-refractivity contribution in [1.82, 2.24) is 5.32 Å². The first-order chi connectivity index (χ1) is 6.31. The minimum Gasteiger partial charge on any atom is -0.372 e. The smallest absolute Gasteiger partial charge is 0.0725 e. The molecule has 0 spiro atoms. The first-order valence-electron chi connectivity index (χ1n) is 4.68. The summed E-state index contributed by atoms with van der Waals surface area (Å²) in [6.07, 6.45) is 0. The van der Waals surface area contributed by atoms with Gasteiger partial charge in [-0.25, -0.2) is 0 Å². The Balaban J connectivity index is 2.30. The van der Waals surface area contributed by atoms with Crippen molar-refractivity contribution in [2.24, 2.45) is 0 Å². The number of ether oxygens (including phenoxy) is 1. The van der Waals surface area contributed by atoms with Crippen molar-refractivity contribution in [3.05, 3.63) is 34.9 Å². The molecular weight excluding hydrogens is 162 g/mol. The van der Waals surface area contributed by atoms with Crippen LogP contribution in [0.5, 0.6) is 0 Å². The van der Waals surface area contributed by atoms with E-state index in [0.29, 0.717) is 6.04 Å². The molecule has 1 aromatic carbocycles. The molecule has 70 valence electrons. The quantitative estimate of drug-likeness (QED) is 0.746. The molecule has 13 heavy (non-hydrogen) atoms. The van der Waals surface area contributed by atoms with Gasteiger partial charge < -0.3 is 10.1 Å². The maximum Gasteiger partial charge on any atom is 0.0725 e. The molecule has 2 rings (SSSR count). The highest BCUT2D eigenvalue weighted by Gasteiger charge is 2.12. The Hall–Kier alpha value is -0.860. The van der Waals surface area contributed by atoms with Gasteiger partial charge in [-0.3, -0.25) is 0 Å². The predicted octanol–water partition coefficient (Wildman–Crippen LogP) is 2.00. The van der Waals surface area contributed by atoms with Crippen LogP contribution in [0.15, 0.2) is 18.2 Å². The second kappa shape index (κ2) is 3.48. The third kappa shape index (κ3) is 1.60. The molecule has 1 aromatic rings. The van der Waals surface area contributed by atoms with E-state index in [2.05, 4.69) is 30.4 Å². The van der Waals surface area contributed by atoms with E-state index < -0.39 is 0 Å². The molecule has 2 nitrogen and oxygen atoms in total. The summed E-state index contributed by atoms with van der Waals surface area (Å²) in [5.41, 5.74) is 4.03. The van der Waals surface area contributed by atoms with Gasteiger partial charge in [0.15, 0.2) is 0 Å². The summed E-state index contributed by atoms with van der Waals surface area (Å²) in [6.45, 7) is 3.72. The van der Waals surface area contributed by atoms with Crippen LogP contribution in [0.2, 0.25) is 0 Å². The molecular formula is C11H15NO. The molecule has 0 bridgehead atoms. The Kier molecular flexibility index (Phi) is 2.34. The molecule has 1 aliphatic heterocycles. The van der Waals surface area contributed by atoms with Crippen molar-refractivity contribution in [2.45, 2.75) is 26.2 Å². The molecule has 0 saturated heterocycles. The van der Waals surface area contributed by atoms with Crippen molar-refractivity contribution in [3.8, 4) is 0 Å². The summed E-state index contributed by atoms with van der Waals surface area (Å²) in [5.74, 6) is 0. The monoisotopic (exact) mass is 177 g/mol. The van der Waals surface area contributed by atoms with E-state index in [9.17, 15) is 0 Å². The molecule has 0 saturated carbocycles. The molecule has 1 unspecified atom stereocenters. The third-order valence-corrected chi connectivity index (χ3v) is 2.68. The lowest BCUT2D eigenvalue weighted by Gasteiger charge is -2.11. The van der Waals surface area contributed by atoms with Crippen LogP contribution in [-0.4, -0.2) is 7.05 Å². The number of rotatable bonds is 2. The highest BCUT2D eigenvalue weighted by molar-refractivity contribution is 5.34. The summed E-state index contributed by atoms with van der Waals surface area (Å²) < 4.78 is 5.36. The van der Waals surface area contributed by atoms with Gasteiger partial charge in [0.1, 0.15) is 0 Å². The topological polar surface area (TPSA) is 21.3 Å². The van der Waals surface area contributed by atoms with Crippen molar-refractivity contribution in [3.63, 3.8) is 0 Å². The van der Waals surface area contributed by atoms with Gasteiger partial charge >= 0.3 is 0 Å². The van der Waals surface area contributed by atoms with Crippen LogP contribution in [0.25, 0.3) is 0 Å². The van der Waals surface area contributed by atoms with E-state index in [1.54, 1.807) is 0 Å². The Labute approximate surface area is 78.9 Å². The fourth-order valence-electron chi connectivity index (χ4n) is 1.63. The van der Waals surface area contributed by atoms with Crippen LogP contribution in [0.4, 0.5) is 0 Å². The molecule has 0 radical (unpaired) electrons. The third-order valence-electron chi connectivity index (χ3n) is 2.68. The van der Waals surface area contributed by atoms with Crippen LogP contribution in [0.3, 0.4) is 0 Å². The van der Waals surface area contributed by atoms with Crippen molar-refractivity contribution >= 4 is 0 Å². The maximum absolute atomic E-state index is 5.36. The van der Waals surface area contributed by atoms with Gasteiger partial charge in [0, 0.05) is 6.04 Å². The van der Waals surface area contributed by atoms with E-state index in [0.717, 1.165) is 13.2 Å². The van der Waals surface area contributed by atoms with Crippen molar-refractivity contribution < 1.29 is 4.74 Å². The van der Waals surface area contributed by atoms with Gasteiger partial charge in [0.25, 0.3) is 0 Å². The molecule has 0 fully saturated rings. The minimum atomic E-state index is 0.422. The zero-order chi connectivity index (χ0) is 9.26. The number of hydrogen-bond acceptors (Lipinski definition) is 2. The van der Waals surface area contributed by atoms with Gasteiger partial charge in [-0.2, -0.15) is 0 Å². The summed E-state index contributed by atoms with van der Waals surface area (Å²) in [7, 11) is 1.98. The SMILES string of the molecule is CNC(C)c1ccc2c(c1)COC2. The Bertz CT molecular complexity index is 309. The van der Waals surface area contributed by atoms with E-state index in [1.807, 2.05) is 7.05 Å². The first kappa shape index (κ1) is 8.73.